The summed E-state index contributed by atoms with van der Waals surface area (Å²) in [6.07, 6.45) is -9.77. The molecule has 0 aliphatic rings. The summed E-state index contributed by atoms with van der Waals surface area (Å²) >= 11 is 0. The summed E-state index contributed by atoms with van der Waals surface area (Å²) in [4.78, 5) is 41.8. The summed E-state index contributed by atoms with van der Waals surface area (Å²) in [6, 6.07) is 19.1. The number of nitrogens with one attached hydrogen (secondary N) is 3. The number of hydrogen-bond acceptors (Lipinski definition) is 7. The van der Waals surface area contributed by atoms with Gasteiger partial charge in [0.15, 0.2) is 0 Å². The van der Waals surface area contributed by atoms with Gasteiger partial charge in [0, 0.05) is 16.7 Å². The van der Waals surface area contributed by atoms with Crippen LogP contribution in [0.2, 0.25) is 0 Å². The first-order valence-corrected chi connectivity index (χ1v) is 12.9. The van der Waals surface area contributed by atoms with Crippen molar-refractivity contribution in [1.29, 1.82) is 10.8 Å². The van der Waals surface area contributed by atoms with Gasteiger partial charge >= 0.3 is 30.3 Å². The zero-order valence-corrected chi connectivity index (χ0v) is 24.2. The van der Waals surface area contributed by atoms with E-state index in [2.05, 4.69) is 5.32 Å². The fourth-order valence-electron chi connectivity index (χ4n) is 3.24. The fourth-order valence-corrected chi connectivity index (χ4v) is 3.24. The van der Waals surface area contributed by atoms with Gasteiger partial charge in [0.05, 0.1) is 11.6 Å². The van der Waals surface area contributed by atoms with E-state index in [9.17, 15) is 35.9 Å². The van der Waals surface area contributed by atoms with E-state index in [0.717, 1.165) is 5.56 Å². The largest absolute Gasteiger partial charge is 0.491 e. The van der Waals surface area contributed by atoms with Crippen molar-refractivity contribution in [3.8, 4) is 5.75 Å². The number of carboxylic acid groups (broad SMARTS) is 3. The predicted octanol–water partition coefficient (Wildman–Crippen LogP) is 3.64. The highest BCUT2D eigenvalue weighted by Crippen LogP contribution is 2.16. The summed E-state index contributed by atoms with van der Waals surface area (Å²) in [5.74, 6) is -6.53. The van der Waals surface area contributed by atoms with Crippen LogP contribution in [0, 0.1) is 10.8 Å². The number of carbonyl (C=O) groups is 4. The fraction of sp³-hybridized carbons (Fsp3) is 0.172. The van der Waals surface area contributed by atoms with Crippen LogP contribution in [0.4, 0.5) is 26.3 Å². The molecule has 19 heteroatoms. The van der Waals surface area contributed by atoms with E-state index in [1.165, 1.54) is 12.1 Å². The van der Waals surface area contributed by atoms with E-state index in [-0.39, 0.29) is 29.7 Å². The Morgan fingerprint density at radius 3 is 1.56 bits per heavy atom. The lowest BCUT2D eigenvalue weighted by atomic mass is 10.0. The first-order chi connectivity index (χ1) is 22.1. The lowest BCUT2D eigenvalue weighted by Crippen LogP contribution is -2.40. The van der Waals surface area contributed by atoms with Crippen molar-refractivity contribution in [2.24, 2.45) is 11.5 Å². The Labute approximate surface area is 266 Å². The van der Waals surface area contributed by atoms with Crippen LogP contribution in [-0.4, -0.2) is 75.8 Å². The molecule has 0 aliphatic carbocycles. The molecule has 0 bridgehead atoms. The van der Waals surface area contributed by atoms with Gasteiger partial charge in [-0.15, -0.1) is 0 Å². The molecule has 1 atom stereocenters. The van der Waals surface area contributed by atoms with Crippen molar-refractivity contribution < 1.29 is 65.6 Å². The molecular formula is C29H27F6N5O8. The average molecular weight is 688 g/mol. The Morgan fingerprint density at radius 2 is 1.15 bits per heavy atom. The number of alkyl halides is 6. The van der Waals surface area contributed by atoms with Crippen LogP contribution in [0.25, 0.3) is 0 Å². The Balaban J connectivity index is 0.000000687. The van der Waals surface area contributed by atoms with Gasteiger partial charge in [-0.3, -0.25) is 15.6 Å². The molecule has 0 saturated heterocycles. The molecule has 0 saturated carbocycles. The number of benzene rings is 3. The van der Waals surface area contributed by atoms with Crippen LogP contribution in [0.3, 0.4) is 0 Å². The number of carboxylic acids is 3. The number of hydrogen-bond donors (Lipinski definition) is 8. The van der Waals surface area contributed by atoms with E-state index in [0.29, 0.717) is 28.9 Å². The third kappa shape index (κ3) is 14.3. The first kappa shape index (κ1) is 39.9. The first-order valence-electron chi connectivity index (χ1n) is 12.9. The molecule has 0 aromatic heterocycles. The number of rotatable bonds is 10. The normalized spacial score (nSPS) is 11.3. The summed E-state index contributed by atoms with van der Waals surface area (Å²) in [5.41, 5.74) is 13.4. The minimum absolute atomic E-state index is 0.0807. The van der Waals surface area contributed by atoms with Crippen molar-refractivity contribution >= 4 is 35.5 Å². The van der Waals surface area contributed by atoms with Crippen molar-refractivity contribution in [2.45, 2.75) is 24.8 Å². The minimum Gasteiger partial charge on any atom is -0.491 e. The lowest BCUT2D eigenvalue weighted by molar-refractivity contribution is -0.193. The molecule has 0 unspecified atom stereocenters. The van der Waals surface area contributed by atoms with Gasteiger partial charge in [-0.25, -0.2) is 14.4 Å². The van der Waals surface area contributed by atoms with Crippen LogP contribution in [0.1, 0.15) is 37.4 Å². The average Bonchev–Trinajstić information content (AvgIpc) is 3.00. The maximum atomic E-state index is 12.9. The second kappa shape index (κ2) is 17.5. The molecule has 3 aromatic carbocycles. The number of carbonyl (C=O) groups excluding carboxylic acids is 1. The summed E-state index contributed by atoms with van der Waals surface area (Å²) in [7, 11) is 0. The van der Waals surface area contributed by atoms with Gasteiger partial charge in [-0.1, -0.05) is 36.4 Å². The molecule has 48 heavy (non-hydrogen) atoms. The van der Waals surface area contributed by atoms with E-state index in [4.69, 9.17) is 51.9 Å². The highest BCUT2D eigenvalue weighted by Gasteiger charge is 2.38. The van der Waals surface area contributed by atoms with E-state index < -0.39 is 36.3 Å². The molecule has 0 fully saturated rings. The standard InChI is InChI=1S/C25H25N5O4.2C2HF3O2/c26-22(27)16-8-10-17(11-9-16)24(31)30-20(12-15-4-6-18(7-5-15)25(32)33)14-34-21-3-1-2-19(13-21)23(28)29;2*3-2(4,5)1(6)7/h1-11,13,20H,12,14H2,(H3,26,27)(H3,28,29)(H,30,31)(H,32,33);2*(H,6,7)/t20-;;/m1../s1. The molecule has 0 heterocycles. The zero-order chi connectivity index (χ0) is 36.8. The van der Waals surface area contributed by atoms with Gasteiger partial charge in [0.25, 0.3) is 5.91 Å². The van der Waals surface area contributed by atoms with Crippen molar-refractivity contribution in [1.82, 2.24) is 5.32 Å². The monoisotopic (exact) mass is 687 g/mol. The Bertz CT molecular complexity index is 1590. The van der Waals surface area contributed by atoms with Crippen molar-refractivity contribution in [3.05, 3.63) is 101 Å². The Morgan fingerprint density at radius 1 is 0.708 bits per heavy atom. The number of halogens is 6. The number of aliphatic carboxylic acids is 2. The van der Waals surface area contributed by atoms with Gasteiger partial charge < -0.3 is 36.8 Å². The number of ether oxygens (including phenoxy) is 1. The van der Waals surface area contributed by atoms with Crippen LogP contribution < -0.4 is 21.5 Å². The predicted molar refractivity (Wildman–Crippen MR) is 156 cm³/mol. The van der Waals surface area contributed by atoms with Crippen LogP contribution in [0.15, 0.2) is 72.8 Å². The topological polar surface area (TPSA) is 250 Å². The SMILES string of the molecule is N=C(N)c1ccc(C(=O)N[C@@H](COc2cccc(C(=N)N)c2)Cc2ccc(C(=O)O)cc2)cc1.O=C(O)C(F)(F)F.O=C(O)C(F)(F)F. The minimum atomic E-state index is -5.08. The maximum Gasteiger partial charge on any atom is 0.490 e. The molecular weight excluding hydrogens is 660 g/mol. The maximum absolute atomic E-state index is 12.9. The molecule has 0 spiro atoms. The van der Waals surface area contributed by atoms with Crippen LogP contribution in [0.5, 0.6) is 5.75 Å². The highest BCUT2D eigenvalue weighted by atomic mass is 19.4. The van der Waals surface area contributed by atoms with Crippen molar-refractivity contribution in [2.75, 3.05) is 6.61 Å². The number of aromatic carboxylic acids is 1. The van der Waals surface area contributed by atoms with Gasteiger partial charge in [0.1, 0.15) is 24.0 Å². The van der Waals surface area contributed by atoms with E-state index >= 15 is 0 Å². The third-order valence-electron chi connectivity index (χ3n) is 5.56. The second-order valence-electron chi connectivity index (χ2n) is 9.23. The van der Waals surface area contributed by atoms with E-state index in [1.807, 2.05) is 0 Å². The molecule has 3 aromatic rings. The Kier molecular flexibility index (Phi) is 14.6. The molecule has 10 N–H and O–H groups in total. The van der Waals surface area contributed by atoms with Gasteiger partial charge in [0.2, 0.25) is 0 Å². The molecule has 258 valence electrons. The highest BCUT2D eigenvalue weighted by molar-refractivity contribution is 5.98. The van der Waals surface area contributed by atoms with Crippen LogP contribution in [-0.2, 0) is 16.0 Å². The van der Waals surface area contributed by atoms with Gasteiger partial charge in [-0.2, -0.15) is 26.3 Å². The molecule has 0 aliphatic heterocycles. The number of amidine groups is 2. The molecule has 13 nitrogen and oxygen atoms in total. The van der Waals surface area contributed by atoms with Gasteiger partial charge in [-0.05, 0) is 48.4 Å². The van der Waals surface area contributed by atoms with E-state index in [1.54, 1.807) is 60.7 Å². The summed E-state index contributed by atoms with van der Waals surface area (Å²) in [6.45, 7) is 0.124. The number of amides is 1. The molecule has 0 radical (unpaired) electrons. The quantitative estimate of drug-likeness (QED) is 0.0873. The smallest absolute Gasteiger partial charge is 0.490 e. The Hall–Kier alpha value is -6.14. The third-order valence-corrected chi connectivity index (χ3v) is 5.56. The lowest BCUT2D eigenvalue weighted by Gasteiger charge is -2.20. The number of nitrogens with two attached hydrogens (primary N) is 2. The summed E-state index contributed by atoms with van der Waals surface area (Å²) < 4.78 is 69.3. The summed E-state index contributed by atoms with van der Waals surface area (Å²) in [5, 5.41) is 41.3. The number of nitrogen functional groups attached to an aromatic ring is 2. The molecule has 3 rings (SSSR count). The second-order valence-corrected chi connectivity index (χ2v) is 9.23. The van der Waals surface area contributed by atoms with Crippen LogP contribution >= 0.6 is 0 Å². The van der Waals surface area contributed by atoms with Crippen molar-refractivity contribution in [3.63, 3.8) is 0 Å². The molecule has 1 amide bonds. The zero-order valence-electron chi connectivity index (χ0n) is 24.2.